The van der Waals surface area contributed by atoms with Crippen molar-refractivity contribution in [1.82, 2.24) is 39.9 Å². The number of H-pyrrole nitrogens is 2. The van der Waals surface area contributed by atoms with Crippen LogP contribution < -0.4 is 18.3 Å². The van der Waals surface area contributed by atoms with E-state index >= 15 is 0 Å². The van der Waals surface area contributed by atoms with Crippen LogP contribution in [0.1, 0.15) is 0 Å². The molecule has 3 aromatic heterocycles. The maximum atomic E-state index is 11.7. The minimum atomic E-state index is -4.79. The molecule has 4 aromatic carbocycles. The van der Waals surface area contributed by atoms with Gasteiger partial charge in [0, 0.05) is 55.5 Å². The van der Waals surface area contributed by atoms with Gasteiger partial charge in [0.25, 0.3) is 5.75 Å². The van der Waals surface area contributed by atoms with E-state index in [9.17, 15) is 14.0 Å². The van der Waals surface area contributed by atoms with Crippen LogP contribution in [-0.4, -0.2) is 39.9 Å². The number of aromatic nitrogens is 8. The Balaban J connectivity index is 0.00000312. The van der Waals surface area contributed by atoms with Gasteiger partial charge in [0.15, 0.2) is 23.3 Å². The molecule has 46 heavy (non-hydrogen) atoms. The molecule has 0 spiro atoms. The molecule has 8 bridgehead atoms. The summed E-state index contributed by atoms with van der Waals surface area (Å²) in [6.45, 7) is 0. The van der Waals surface area contributed by atoms with E-state index in [0.29, 0.717) is 51.2 Å². The first-order chi connectivity index (χ1) is 21.9. The summed E-state index contributed by atoms with van der Waals surface area (Å²) in [4.78, 5) is 35.7. The fourth-order valence-corrected chi connectivity index (χ4v) is 6.16. The van der Waals surface area contributed by atoms with Crippen molar-refractivity contribution in [3.8, 4) is 51.3 Å². The van der Waals surface area contributed by atoms with Gasteiger partial charge in [-0.1, -0.05) is 89.2 Å². The SMILES string of the molecule is [Cu].[O-][Cl+3]([O-])([O-])Oc1cccc2c3nc4nc(nc5[nH]c(nc6nc(nc([nH]3)c12)-c1ccccc1-6)c1ccccc51)-c1ccccc1-4. The van der Waals surface area contributed by atoms with E-state index in [-0.39, 0.29) is 33.9 Å². The predicted molar refractivity (Wildman–Crippen MR) is 157 cm³/mol. The van der Waals surface area contributed by atoms with E-state index in [0.717, 1.165) is 27.5 Å². The summed E-state index contributed by atoms with van der Waals surface area (Å²) >= 11 is 0. The molecule has 2 aliphatic heterocycles. The van der Waals surface area contributed by atoms with Crippen molar-refractivity contribution in [2.24, 2.45) is 0 Å². The number of hydrogen-bond donors (Lipinski definition) is 2. The maximum absolute atomic E-state index is 11.7. The second kappa shape index (κ2) is 10.4. The van der Waals surface area contributed by atoms with Crippen LogP contribution >= 0.6 is 0 Å². The molecule has 5 heterocycles. The Bertz CT molecular complexity index is 2540. The Morgan fingerprint density at radius 3 is 1.33 bits per heavy atom. The molecule has 0 aliphatic carbocycles. The zero-order valence-electron chi connectivity index (χ0n) is 23.2. The van der Waals surface area contributed by atoms with Crippen LogP contribution in [0.15, 0.2) is 91.0 Å². The average Bonchev–Trinajstić information content (AvgIpc) is 3.76. The fourth-order valence-electron chi connectivity index (χ4n) is 5.82. The van der Waals surface area contributed by atoms with Crippen LogP contribution in [0.5, 0.6) is 5.75 Å². The Hall–Kier alpha value is -5.27. The maximum Gasteiger partial charge on any atom is 0.299 e. The molecule has 0 fully saturated rings. The van der Waals surface area contributed by atoms with Gasteiger partial charge in [0.1, 0.15) is 32.8 Å². The van der Waals surface area contributed by atoms with Crippen molar-refractivity contribution < 1.29 is 45.6 Å². The summed E-state index contributed by atoms with van der Waals surface area (Å²) in [5, 5.41) is 2.41. The summed E-state index contributed by atoms with van der Waals surface area (Å²) < 4.78 is 39.9. The Kier molecular flexibility index (Phi) is 6.37. The zero-order valence-corrected chi connectivity index (χ0v) is 24.9. The summed E-state index contributed by atoms with van der Waals surface area (Å²) in [6, 6.07) is 27.6. The normalized spacial score (nSPS) is 12.1. The Labute approximate surface area is 271 Å². The van der Waals surface area contributed by atoms with Crippen LogP contribution in [0.4, 0.5) is 0 Å². The van der Waals surface area contributed by atoms with E-state index < -0.39 is 10.2 Å². The third-order valence-corrected chi connectivity index (χ3v) is 8.07. The second-order valence-electron chi connectivity index (χ2n) is 10.4. The van der Waals surface area contributed by atoms with Gasteiger partial charge in [-0.2, -0.15) is 14.0 Å². The van der Waals surface area contributed by atoms with Gasteiger partial charge in [-0.15, -0.1) is 0 Å². The van der Waals surface area contributed by atoms with Gasteiger partial charge >= 0.3 is 0 Å². The molecule has 12 nitrogen and oxygen atoms in total. The first kappa shape index (κ1) is 28.2. The minimum Gasteiger partial charge on any atom is -0.324 e. The number of nitrogens with one attached hydrogen (secondary N) is 2. The van der Waals surface area contributed by atoms with Gasteiger partial charge in [-0.25, -0.2) is 29.9 Å². The smallest absolute Gasteiger partial charge is 0.299 e. The van der Waals surface area contributed by atoms with Crippen molar-refractivity contribution in [1.29, 1.82) is 0 Å². The van der Waals surface area contributed by atoms with E-state index in [1.807, 2.05) is 72.8 Å². The monoisotopic (exact) mass is 675 g/mol. The van der Waals surface area contributed by atoms with E-state index in [1.54, 1.807) is 12.1 Å². The fraction of sp³-hybridized carbons (Fsp3) is 0. The van der Waals surface area contributed by atoms with Crippen molar-refractivity contribution in [2.75, 3.05) is 0 Å². The first-order valence-electron chi connectivity index (χ1n) is 13.7. The number of fused-ring (bicyclic) bond motifs is 20. The van der Waals surface area contributed by atoms with Crippen LogP contribution in [0.25, 0.3) is 89.7 Å². The quantitative estimate of drug-likeness (QED) is 0.258. The molecule has 0 amide bonds. The van der Waals surface area contributed by atoms with Crippen LogP contribution in [0, 0.1) is 10.2 Å². The number of benzene rings is 4. The number of rotatable bonds is 2. The zero-order chi connectivity index (χ0) is 30.3. The molecule has 2 N–H and O–H groups in total. The van der Waals surface area contributed by atoms with E-state index in [4.69, 9.17) is 34.2 Å². The first-order valence-corrected chi connectivity index (χ1v) is 15.0. The van der Waals surface area contributed by atoms with Crippen LogP contribution in [0.3, 0.4) is 0 Å². The summed E-state index contributed by atoms with van der Waals surface area (Å²) in [6.07, 6.45) is 0. The molecular weight excluding hydrogens is 659 g/mol. The Morgan fingerprint density at radius 1 is 0.457 bits per heavy atom. The van der Waals surface area contributed by atoms with E-state index in [2.05, 4.69) is 9.97 Å². The van der Waals surface area contributed by atoms with E-state index in [1.165, 1.54) is 6.07 Å². The molecular formula is C32H17ClCuN8O4. The Morgan fingerprint density at radius 2 is 0.848 bits per heavy atom. The molecule has 0 saturated heterocycles. The average molecular weight is 677 g/mol. The molecule has 14 heteroatoms. The van der Waals surface area contributed by atoms with Gasteiger partial charge in [0.2, 0.25) is 0 Å². The molecule has 0 atom stereocenters. The number of hydrogen-bond acceptors (Lipinski definition) is 10. The van der Waals surface area contributed by atoms with Gasteiger partial charge in [0.05, 0.1) is 5.39 Å². The summed E-state index contributed by atoms with van der Waals surface area (Å²) in [5.41, 5.74) is 4.66. The molecule has 227 valence electrons. The molecule has 2 aliphatic rings. The molecule has 7 aromatic rings. The molecule has 1 radical (unpaired) electrons. The van der Waals surface area contributed by atoms with Crippen molar-refractivity contribution >= 4 is 44.1 Å². The van der Waals surface area contributed by atoms with Crippen LogP contribution in [0.2, 0.25) is 0 Å². The third-order valence-electron chi connectivity index (χ3n) is 7.72. The summed E-state index contributed by atoms with van der Waals surface area (Å²) in [7, 11) is -4.79. The van der Waals surface area contributed by atoms with Gasteiger partial charge in [-0.05, 0) is 6.07 Å². The molecule has 9 rings (SSSR count). The van der Waals surface area contributed by atoms with Gasteiger partial charge < -0.3 is 9.97 Å². The number of nitrogens with zero attached hydrogens (tertiary/aromatic N) is 6. The number of aromatic amines is 2. The van der Waals surface area contributed by atoms with Crippen molar-refractivity contribution in [2.45, 2.75) is 0 Å². The largest absolute Gasteiger partial charge is 0.324 e. The van der Waals surface area contributed by atoms with Crippen molar-refractivity contribution in [3.63, 3.8) is 0 Å². The molecule has 0 unspecified atom stereocenters. The van der Waals surface area contributed by atoms with Gasteiger partial charge in [-0.3, -0.25) is 0 Å². The van der Waals surface area contributed by atoms with Crippen LogP contribution in [-0.2, 0) is 17.1 Å². The summed E-state index contributed by atoms with van der Waals surface area (Å²) in [5.74, 6) is 1.37. The second-order valence-corrected chi connectivity index (χ2v) is 11.3. The topological polar surface area (TPSA) is 187 Å². The standard InChI is InChI=1S/C32H17ClN8O4.Cu/c42-33(43,44)45-23-15-7-14-22-24(23)32-40-30-21-13-6-5-12-20(21)28(38-30)36-26-17-9-2-1-8-16(17)25(34-26)35-27-18-10-3-4-11-19(18)29(37-27)39-31(22)41-32;/h1-15H,(H2,34,35,36,37,38,39,40,41);. The third kappa shape index (κ3) is 4.50. The predicted octanol–water partition coefficient (Wildman–Crippen LogP) is 3.14. The number of halogens is 1. The molecule has 0 saturated carbocycles. The minimum absolute atomic E-state index is 0. The van der Waals surface area contributed by atoms with Crippen molar-refractivity contribution in [3.05, 3.63) is 91.0 Å².